The van der Waals surface area contributed by atoms with Crippen molar-refractivity contribution < 1.29 is 14.3 Å². The Morgan fingerprint density at radius 3 is 2.54 bits per heavy atom. The number of para-hydroxylation sites is 1. The van der Waals surface area contributed by atoms with Crippen LogP contribution in [0.3, 0.4) is 0 Å². The molecule has 0 saturated heterocycles. The molecule has 0 unspecified atom stereocenters. The van der Waals surface area contributed by atoms with E-state index >= 15 is 0 Å². The van der Waals surface area contributed by atoms with Crippen molar-refractivity contribution in [2.24, 2.45) is 0 Å². The minimum absolute atomic E-state index is 0.136. The van der Waals surface area contributed by atoms with E-state index in [-0.39, 0.29) is 6.03 Å². The summed E-state index contributed by atoms with van der Waals surface area (Å²) in [7, 11) is 1.61. The molecule has 0 fully saturated rings. The highest BCUT2D eigenvalue weighted by molar-refractivity contribution is 5.91. The lowest BCUT2D eigenvalue weighted by Gasteiger charge is -2.21. The molecule has 0 aliphatic carbocycles. The quantitative estimate of drug-likeness (QED) is 0.790. The Kier molecular flexibility index (Phi) is 6.49. The Labute approximate surface area is 143 Å². The summed E-state index contributed by atoms with van der Waals surface area (Å²) in [5.74, 6) is 1.37. The van der Waals surface area contributed by atoms with Crippen molar-refractivity contribution in [3.8, 4) is 11.5 Å². The molecule has 0 saturated carbocycles. The first-order valence-electron chi connectivity index (χ1n) is 8.03. The number of ether oxygens (including phenoxy) is 2. The van der Waals surface area contributed by atoms with Crippen molar-refractivity contribution in [2.75, 3.05) is 31.7 Å². The highest BCUT2D eigenvalue weighted by Gasteiger charge is 2.12. The van der Waals surface area contributed by atoms with Gasteiger partial charge in [0.15, 0.2) is 11.5 Å². The average Bonchev–Trinajstić information content (AvgIpc) is 2.61. The van der Waals surface area contributed by atoms with E-state index in [0.29, 0.717) is 31.2 Å². The van der Waals surface area contributed by atoms with E-state index in [1.807, 2.05) is 62.4 Å². The number of methoxy groups -OCH3 is 1. The fraction of sp³-hybridized carbons (Fsp3) is 0.316. The van der Waals surface area contributed by atoms with Crippen LogP contribution in [0.1, 0.15) is 12.5 Å². The summed E-state index contributed by atoms with van der Waals surface area (Å²) >= 11 is 0. The van der Waals surface area contributed by atoms with Gasteiger partial charge in [-0.3, -0.25) is 4.90 Å². The molecule has 0 aliphatic heterocycles. The van der Waals surface area contributed by atoms with Crippen LogP contribution in [0.4, 0.5) is 10.5 Å². The van der Waals surface area contributed by atoms with Gasteiger partial charge in [-0.15, -0.1) is 0 Å². The zero-order valence-electron chi connectivity index (χ0n) is 14.4. The first-order chi connectivity index (χ1) is 11.7. The first-order valence-corrected chi connectivity index (χ1v) is 8.03. The topological polar surface area (TPSA) is 50.8 Å². The molecule has 0 aliphatic rings. The van der Waals surface area contributed by atoms with Crippen molar-refractivity contribution in [3.63, 3.8) is 0 Å². The number of hydrogen-bond acceptors (Lipinski definition) is 3. The van der Waals surface area contributed by atoms with Crippen molar-refractivity contribution >= 4 is 11.7 Å². The maximum atomic E-state index is 12.3. The summed E-state index contributed by atoms with van der Waals surface area (Å²) in [4.78, 5) is 14.0. The molecule has 2 amide bonds. The van der Waals surface area contributed by atoms with Gasteiger partial charge in [0.25, 0.3) is 0 Å². The molecule has 0 radical (unpaired) electrons. The van der Waals surface area contributed by atoms with E-state index in [2.05, 4.69) is 5.32 Å². The van der Waals surface area contributed by atoms with Gasteiger partial charge in [0, 0.05) is 12.2 Å². The normalized spacial score (nSPS) is 10.1. The summed E-state index contributed by atoms with van der Waals surface area (Å²) in [5.41, 5.74) is 1.98. The predicted octanol–water partition coefficient (Wildman–Crippen LogP) is 3.62. The second-order valence-corrected chi connectivity index (χ2v) is 5.31. The molecule has 0 bridgehead atoms. The Morgan fingerprint density at radius 1 is 1.12 bits per heavy atom. The van der Waals surface area contributed by atoms with Gasteiger partial charge < -0.3 is 14.8 Å². The molecule has 24 heavy (non-hydrogen) atoms. The van der Waals surface area contributed by atoms with Crippen LogP contribution in [0.5, 0.6) is 11.5 Å². The lowest BCUT2D eigenvalue weighted by atomic mass is 10.2. The third kappa shape index (κ3) is 4.65. The van der Waals surface area contributed by atoms with Gasteiger partial charge >= 0.3 is 6.03 Å². The first kappa shape index (κ1) is 17.7. The second kappa shape index (κ2) is 8.82. The number of aryl methyl sites for hydroxylation is 1. The molecule has 0 heterocycles. The van der Waals surface area contributed by atoms with Gasteiger partial charge in [-0.1, -0.05) is 24.3 Å². The number of rotatable bonds is 7. The van der Waals surface area contributed by atoms with E-state index in [9.17, 15) is 4.79 Å². The number of amides is 2. The highest BCUT2D eigenvalue weighted by atomic mass is 16.5. The molecular formula is C19H24N2O3. The van der Waals surface area contributed by atoms with Crippen LogP contribution >= 0.6 is 0 Å². The minimum Gasteiger partial charge on any atom is -0.493 e. The molecule has 2 rings (SSSR count). The lowest BCUT2D eigenvalue weighted by Crippen LogP contribution is -2.41. The van der Waals surface area contributed by atoms with Crippen LogP contribution in [0, 0.1) is 6.92 Å². The Bertz CT molecular complexity index is 659. The number of urea groups is 1. The molecule has 0 aromatic heterocycles. The van der Waals surface area contributed by atoms with Gasteiger partial charge in [0.2, 0.25) is 0 Å². The Balaban J connectivity index is 1.84. The van der Waals surface area contributed by atoms with Gasteiger partial charge in [-0.2, -0.15) is 0 Å². The van der Waals surface area contributed by atoms with E-state index in [0.717, 1.165) is 11.3 Å². The SMILES string of the molecule is CCN(C(=O)NCCOc1ccc(C)cc1OC)c1ccccc1. The highest BCUT2D eigenvalue weighted by Crippen LogP contribution is 2.27. The summed E-state index contributed by atoms with van der Waals surface area (Å²) in [6.07, 6.45) is 0. The standard InChI is InChI=1S/C19H24N2O3/c1-4-21(16-8-6-5-7-9-16)19(22)20-12-13-24-17-11-10-15(2)14-18(17)23-3/h5-11,14H,4,12-13H2,1-3H3,(H,20,22). The predicted molar refractivity (Wildman–Crippen MR) is 96.1 cm³/mol. The van der Waals surface area contributed by atoms with Crippen LogP contribution in [-0.2, 0) is 0 Å². The fourth-order valence-corrected chi connectivity index (χ4v) is 2.36. The summed E-state index contributed by atoms with van der Waals surface area (Å²) in [5, 5.41) is 2.87. The molecule has 5 heteroatoms. The summed E-state index contributed by atoms with van der Waals surface area (Å²) in [6.45, 7) is 5.33. The number of hydrogen-bond donors (Lipinski definition) is 1. The average molecular weight is 328 g/mol. The van der Waals surface area contributed by atoms with Crippen molar-refractivity contribution in [1.82, 2.24) is 5.32 Å². The molecule has 2 aromatic carbocycles. The molecular weight excluding hydrogens is 304 g/mol. The lowest BCUT2D eigenvalue weighted by molar-refractivity contribution is 0.241. The third-order valence-corrected chi connectivity index (χ3v) is 3.58. The zero-order valence-corrected chi connectivity index (χ0v) is 14.4. The van der Waals surface area contributed by atoms with Crippen molar-refractivity contribution in [1.29, 1.82) is 0 Å². The third-order valence-electron chi connectivity index (χ3n) is 3.58. The van der Waals surface area contributed by atoms with E-state index in [4.69, 9.17) is 9.47 Å². The molecule has 0 atom stereocenters. The van der Waals surface area contributed by atoms with Gasteiger partial charge in [0.1, 0.15) is 6.61 Å². The van der Waals surface area contributed by atoms with Crippen LogP contribution in [0.15, 0.2) is 48.5 Å². The molecule has 128 valence electrons. The van der Waals surface area contributed by atoms with Crippen LogP contribution in [0.2, 0.25) is 0 Å². The van der Waals surface area contributed by atoms with Crippen molar-refractivity contribution in [2.45, 2.75) is 13.8 Å². The number of benzene rings is 2. The number of carbonyl (C=O) groups is 1. The maximum absolute atomic E-state index is 12.3. The van der Waals surface area contributed by atoms with Crippen molar-refractivity contribution in [3.05, 3.63) is 54.1 Å². The minimum atomic E-state index is -0.136. The Morgan fingerprint density at radius 2 is 1.88 bits per heavy atom. The van der Waals surface area contributed by atoms with E-state index < -0.39 is 0 Å². The molecule has 5 nitrogen and oxygen atoms in total. The monoisotopic (exact) mass is 328 g/mol. The van der Waals surface area contributed by atoms with E-state index in [1.54, 1.807) is 12.0 Å². The fourth-order valence-electron chi connectivity index (χ4n) is 2.36. The van der Waals surface area contributed by atoms with Crippen LogP contribution in [0.25, 0.3) is 0 Å². The largest absolute Gasteiger partial charge is 0.493 e. The van der Waals surface area contributed by atoms with Gasteiger partial charge in [-0.25, -0.2) is 4.79 Å². The zero-order chi connectivity index (χ0) is 17.4. The summed E-state index contributed by atoms with van der Waals surface area (Å²) in [6, 6.07) is 15.2. The molecule has 1 N–H and O–H groups in total. The van der Waals surface area contributed by atoms with E-state index in [1.165, 1.54) is 0 Å². The smallest absolute Gasteiger partial charge is 0.321 e. The van der Waals surface area contributed by atoms with Crippen LogP contribution in [-0.4, -0.2) is 32.8 Å². The molecule has 0 spiro atoms. The maximum Gasteiger partial charge on any atom is 0.321 e. The Hall–Kier alpha value is -2.69. The van der Waals surface area contributed by atoms with Gasteiger partial charge in [-0.05, 0) is 43.7 Å². The number of nitrogens with zero attached hydrogens (tertiary/aromatic N) is 1. The van der Waals surface area contributed by atoms with Gasteiger partial charge in [0.05, 0.1) is 13.7 Å². The van der Waals surface area contributed by atoms with Crippen LogP contribution < -0.4 is 19.7 Å². The summed E-state index contributed by atoms with van der Waals surface area (Å²) < 4.78 is 11.0. The second-order valence-electron chi connectivity index (χ2n) is 5.31. The number of carbonyl (C=O) groups excluding carboxylic acids is 1. The number of nitrogens with one attached hydrogen (secondary N) is 1. The molecule has 2 aromatic rings. The number of anilines is 1.